The van der Waals surface area contributed by atoms with E-state index in [4.69, 9.17) is 0 Å². The smallest absolute Gasteiger partial charge is 0.257 e. The second kappa shape index (κ2) is 8.73. The van der Waals surface area contributed by atoms with Gasteiger partial charge in [0.25, 0.3) is 5.91 Å². The lowest BCUT2D eigenvalue weighted by atomic mass is 10.0. The number of nitrogens with zero attached hydrogens (tertiary/aromatic N) is 1. The maximum absolute atomic E-state index is 13.5. The standard InChI is InChI=1S/C18H23F2N3O3/c1-11(2)16(23-10-4-7-14(23)24)18(26)22-9-8-21-17(25)15-12(19)5-3-6-13(15)20/h3,5-6,11,16H,4,7-10H2,1-2H3,(H,21,25)(H,22,26)/t16-/m0/s1. The van der Waals surface area contributed by atoms with Gasteiger partial charge in [0, 0.05) is 26.1 Å². The molecule has 2 rings (SSSR count). The van der Waals surface area contributed by atoms with E-state index in [2.05, 4.69) is 10.6 Å². The van der Waals surface area contributed by atoms with Gasteiger partial charge in [-0.15, -0.1) is 0 Å². The van der Waals surface area contributed by atoms with Crippen molar-refractivity contribution in [3.63, 3.8) is 0 Å². The molecule has 1 aliphatic heterocycles. The molecule has 0 saturated carbocycles. The number of rotatable bonds is 7. The minimum absolute atomic E-state index is 0.0110. The SMILES string of the molecule is CC(C)[C@@H](C(=O)NCCNC(=O)c1c(F)cccc1F)N1CCCC1=O. The zero-order valence-electron chi connectivity index (χ0n) is 14.9. The molecule has 0 aliphatic carbocycles. The van der Waals surface area contributed by atoms with E-state index in [1.807, 2.05) is 13.8 Å². The van der Waals surface area contributed by atoms with Crippen LogP contribution in [0.5, 0.6) is 0 Å². The molecule has 2 N–H and O–H groups in total. The fourth-order valence-corrected chi connectivity index (χ4v) is 3.04. The van der Waals surface area contributed by atoms with Crippen LogP contribution < -0.4 is 10.6 Å². The van der Waals surface area contributed by atoms with E-state index in [0.29, 0.717) is 13.0 Å². The van der Waals surface area contributed by atoms with Crippen LogP contribution in [0.25, 0.3) is 0 Å². The Morgan fingerprint density at radius 2 is 1.77 bits per heavy atom. The van der Waals surface area contributed by atoms with E-state index >= 15 is 0 Å². The van der Waals surface area contributed by atoms with Gasteiger partial charge in [-0.05, 0) is 24.5 Å². The molecule has 1 fully saturated rings. The monoisotopic (exact) mass is 367 g/mol. The molecule has 0 unspecified atom stereocenters. The lowest BCUT2D eigenvalue weighted by Crippen LogP contribution is -2.51. The van der Waals surface area contributed by atoms with Crippen molar-refractivity contribution in [2.24, 2.45) is 5.92 Å². The molecular weight excluding hydrogens is 344 g/mol. The van der Waals surface area contributed by atoms with E-state index < -0.39 is 29.1 Å². The molecule has 1 aromatic rings. The molecule has 1 saturated heterocycles. The van der Waals surface area contributed by atoms with Gasteiger partial charge in [0.2, 0.25) is 11.8 Å². The predicted octanol–water partition coefficient (Wildman–Crippen LogP) is 1.46. The third kappa shape index (κ3) is 4.56. The van der Waals surface area contributed by atoms with Gasteiger partial charge >= 0.3 is 0 Å². The molecule has 0 bridgehead atoms. The average Bonchev–Trinajstić information content (AvgIpc) is 2.97. The fraction of sp³-hybridized carbons (Fsp3) is 0.500. The number of likely N-dealkylation sites (tertiary alicyclic amines) is 1. The van der Waals surface area contributed by atoms with Gasteiger partial charge in [-0.25, -0.2) is 8.78 Å². The van der Waals surface area contributed by atoms with Crippen LogP contribution in [-0.2, 0) is 9.59 Å². The Hall–Kier alpha value is -2.51. The second-order valence-electron chi connectivity index (χ2n) is 6.52. The Kier molecular flexibility index (Phi) is 6.65. The maximum atomic E-state index is 13.5. The van der Waals surface area contributed by atoms with Crippen molar-refractivity contribution in [3.8, 4) is 0 Å². The number of halogens is 2. The van der Waals surface area contributed by atoms with Crippen LogP contribution in [-0.4, -0.2) is 48.3 Å². The van der Waals surface area contributed by atoms with Crippen molar-refractivity contribution in [1.29, 1.82) is 0 Å². The number of carbonyl (C=O) groups excluding carboxylic acids is 3. The molecule has 1 heterocycles. The van der Waals surface area contributed by atoms with Crippen molar-refractivity contribution < 1.29 is 23.2 Å². The van der Waals surface area contributed by atoms with Gasteiger partial charge in [-0.2, -0.15) is 0 Å². The van der Waals surface area contributed by atoms with Crippen molar-refractivity contribution in [2.75, 3.05) is 19.6 Å². The van der Waals surface area contributed by atoms with Crippen LogP contribution in [0, 0.1) is 17.6 Å². The maximum Gasteiger partial charge on any atom is 0.257 e. The van der Waals surface area contributed by atoms with Gasteiger partial charge in [0.15, 0.2) is 0 Å². The molecule has 1 aromatic carbocycles. The molecule has 3 amide bonds. The molecule has 6 nitrogen and oxygen atoms in total. The average molecular weight is 367 g/mol. The van der Waals surface area contributed by atoms with Crippen LogP contribution in [0.1, 0.15) is 37.0 Å². The lowest BCUT2D eigenvalue weighted by Gasteiger charge is -2.29. The van der Waals surface area contributed by atoms with Gasteiger partial charge in [-0.1, -0.05) is 19.9 Å². The Balaban J connectivity index is 1.85. The number of hydrogen-bond acceptors (Lipinski definition) is 3. The summed E-state index contributed by atoms with van der Waals surface area (Å²) in [5.41, 5.74) is -0.651. The van der Waals surface area contributed by atoms with Gasteiger partial charge < -0.3 is 15.5 Å². The molecule has 26 heavy (non-hydrogen) atoms. The Morgan fingerprint density at radius 1 is 1.15 bits per heavy atom. The molecule has 8 heteroatoms. The summed E-state index contributed by atoms with van der Waals surface area (Å²) >= 11 is 0. The Labute approximate surface area is 150 Å². The molecule has 0 spiro atoms. The largest absolute Gasteiger partial charge is 0.353 e. The minimum atomic E-state index is -0.945. The van der Waals surface area contributed by atoms with E-state index in [0.717, 1.165) is 18.6 Å². The van der Waals surface area contributed by atoms with Gasteiger partial charge in [0.05, 0.1) is 0 Å². The third-order valence-electron chi connectivity index (χ3n) is 4.25. The summed E-state index contributed by atoms with van der Waals surface area (Å²) in [5, 5.41) is 5.03. The number of hydrogen-bond donors (Lipinski definition) is 2. The summed E-state index contributed by atoms with van der Waals surface area (Å²) in [6, 6.07) is 2.61. The second-order valence-corrected chi connectivity index (χ2v) is 6.52. The molecule has 0 aromatic heterocycles. The van der Waals surface area contributed by atoms with E-state index in [-0.39, 0.29) is 30.8 Å². The van der Waals surface area contributed by atoms with E-state index in [1.54, 1.807) is 4.90 Å². The fourth-order valence-electron chi connectivity index (χ4n) is 3.04. The topological polar surface area (TPSA) is 78.5 Å². The minimum Gasteiger partial charge on any atom is -0.353 e. The summed E-state index contributed by atoms with van der Waals surface area (Å²) in [6.07, 6.45) is 1.18. The predicted molar refractivity (Wildman–Crippen MR) is 91.3 cm³/mol. The van der Waals surface area contributed by atoms with E-state index in [1.165, 1.54) is 6.07 Å². The van der Waals surface area contributed by atoms with Crippen LogP contribution in [0.3, 0.4) is 0 Å². The van der Waals surface area contributed by atoms with Gasteiger partial charge in [-0.3, -0.25) is 14.4 Å². The molecule has 142 valence electrons. The highest BCUT2D eigenvalue weighted by molar-refractivity contribution is 5.94. The first-order valence-corrected chi connectivity index (χ1v) is 8.62. The number of amides is 3. The first-order valence-electron chi connectivity index (χ1n) is 8.62. The number of benzene rings is 1. The van der Waals surface area contributed by atoms with E-state index in [9.17, 15) is 23.2 Å². The summed E-state index contributed by atoms with van der Waals surface area (Å²) < 4.78 is 27.1. The number of carbonyl (C=O) groups is 3. The Bertz CT molecular complexity index is 674. The Morgan fingerprint density at radius 3 is 2.31 bits per heavy atom. The molecule has 0 radical (unpaired) electrons. The third-order valence-corrected chi connectivity index (χ3v) is 4.25. The first kappa shape index (κ1) is 19.8. The van der Waals surface area contributed by atoms with Crippen molar-refractivity contribution >= 4 is 17.7 Å². The molecular formula is C18H23F2N3O3. The highest BCUT2D eigenvalue weighted by atomic mass is 19.1. The van der Waals surface area contributed by atoms with Crippen LogP contribution in [0.15, 0.2) is 18.2 Å². The van der Waals surface area contributed by atoms with Crippen molar-refractivity contribution in [1.82, 2.24) is 15.5 Å². The summed E-state index contributed by atoms with van der Waals surface area (Å²) in [5.74, 6) is -3.18. The summed E-state index contributed by atoms with van der Waals surface area (Å²) in [4.78, 5) is 37.7. The van der Waals surface area contributed by atoms with Gasteiger partial charge in [0.1, 0.15) is 23.2 Å². The molecule has 1 aliphatic rings. The van der Waals surface area contributed by atoms with Crippen molar-refractivity contribution in [2.45, 2.75) is 32.7 Å². The quantitative estimate of drug-likeness (QED) is 0.716. The normalized spacial score (nSPS) is 15.3. The van der Waals surface area contributed by atoms with Crippen molar-refractivity contribution in [3.05, 3.63) is 35.4 Å². The summed E-state index contributed by atoms with van der Waals surface area (Å²) in [7, 11) is 0. The summed E-state index contributed by atoms with van der Waals surface area (Å²) in [6.45, 7) is 4.37. The zero-order valence-corrected chi connectivity index (χ0v) is 14.9. The lowest BCUT2D eigenvalue weighted by molar-refractivity contribution is -0.139. The van der Waals surface area contributed by atoms with Crippen LogP contribution in [0.2, 0.25) is 0 Å². The molecule has 1 atom stereocenters. The zero-order chi connectivity index (χ0) is 19.3. The number of nitrogens with one attached hydrogen (secondary N) is 2. The highest BCUT2D eigenvalue weighted by Gasteiger charge is 2.34. The first-order chi connectivity index (χ1) is 12.3. The van der Waals surface area contributed by atoms with Crippen LogP contribution >= 0.6 is 0 Å². The van der Waals surface area contributed by atoms with Crippen LogP contribution in [0.4, 0.5) is 8.78 Å². The highest BCUT2D eigenvalue weighted by Crippen LogP contribution is 2.19.